The fourth-order valence-corrected chi connectivity index (χ4v) is 11.9. The minimum atomic E-state index is 0.637. The maximum absolute atomic E-state index is 4.58. The lowest BCUT2D eigenvalue weighted by molar-refractivity contribution is 1.02. The van der Waals surface area contributed by atoms with E-state index in [4.69, 9.17) is 0 Å². The highest BCUT2D eigenvalue weighted by molar-refractivity contribution is 6.07. The fourth-order valence-electron chi connectivity index (χ4n) is 11.9. The Morgan fingerprint density at radius 3 is 1.11 bits per heavy atom. The fraction of sp³-hybridized carbons (Fsp3) is 0. The zero-order valence-electron chi connectivity index (χ0n) is 62.4. The molecule has 23 nitrogen and oxygen atoms in total. The molecule has 0 amide bonds. The number of aromatic nitrogens is 23. The molecule has 0 radical (unpaired) electrons. The Bertz CT molecular complexity index is 5890. The van der Waals surface area contributed by atoms with Gasteiger partial charge in [-0.15, -0.1) is 10.2 Å². The molecule has 0 bridgehead atoms. The van der Waals surface area contributed by atoms with Gasteiger partial charge in [0.05, 0.1) is 86.2 Å². The summed E-state index contributed by atoms with van der Waals surface area (Å²) >= 11 is 0. The lowest BCUT2D eigenvalue weighted by Crippen LogP contribution is -1.90. The Morgan fingerprint density at radius 2 is 0.556 bits per heavy atom. The Labute approximate surface area is 668 Å². The van der Waals surface area contributed by atoms with Gasteiger partial charge in [-0.05, 0) is 114 Å². The van der Waals surface area contributed by atoms with E-state index in [1.807, 2.05) is 194 Å². The van der Waals surface area contributed by atoms with Gasteiger partial charge in [-0.1, -0.05) is 206 Å². The minimum Gasteiger partial charge on any atom is -0.355 e. The van der Waals surface area contributed by atoms with Crippen LogP contribution in [0.15, 0.2) is 403 Å². The van der Waals surface area contributed by atoms with Crippen LogP contribution < -0.4 is 0 Å². The number of fused-ring (bicyclic) bond motifs is 14. The van der Waals surface area contributed by atoms with Crippen LogP contribution in [0.4, 0.5) is 0 Å². The second-order valence-corrected chi connectivity index (χ2v) is 25.2. The van der Waals surface area contributed by atoms with Crippen LogP contribution in [0, 0.1) is 0 Å². The molecule has 0 aliphatic carbocycles. The Balaban J connectivity index is 0.000000102. The van der Waals surface area contributed by atoms with Crippen molar-refractivity contribution in [1.29, 1.82) is 0 Å². The average Bonchev–Trinajstić information content (AvgIpc) is 1.79. The first-order valence-electron chi connectivity index (χ1n) is 36.9. The molecule has 0 unspecified atom stereocenters. The molecule has 13 aromatic heterocycles. The largest absolute Gasteiger partial charge is 0.355 e. The van der Waals surface area contributed by atoms with E-state index in [1.54, 1.807) is 62.0 Å². The molecule has 1 N–H and O–H groups in total. The van der Waals surface area contributed by atoms with Gasteiger partial charge in [0.15, 0.2) is 16.9 Å². The summed E-state index contributed by atoms with van der Waals surface area (Å²) in [4.78, 5) is 77.1. The lowest BCUT2D eigenvalue weighted by Gasteiger charge is -1.99. The first kappa shape index (κ1) is 75.6. The molecule has 0 saturated heterocycles. The number of hydrogen-bond acceptors (Lipinski definition) is 22. The highest BCUT2D eigenvalue weighted by Gasteiger charge is 2.05. The summed E-state index contributed by atoms with van der Waals surface area (Å²) < 4.78 is 0. The predicted molar refractivity (Wildman–Crippen MR) is 463 cm³/mol. The lowest BCUT2D eigenvalue weighted by atomic mass is 10.1. The smallest absolute Gasteiger partial charge is 0.181 e. The molecular weight excluding hydrogens is 1450 g/mol. The second-order valence-electron chi connectivity index (χ2n) is 25.2. The van der Waals surface area contributed by atoms with Gasteiger partial charge < -0.3 is 4.98 Å². The van der Waals surface area contributed by atoms with Gasteiger partial charge in [0, 0.05) is 79.7 Å². The van der Waals surface area contributed by atoms with Crippen LogP contribution >= 0.6 is 0 Å². The second kappa shape index (κ2) is 39.2. The van der Waals surface area contributed by atoms with E-state index in [-0.39, 0.29) is 0 Å². The van der Waals surface area contributed by atoms with Crippen LogP contribution in [0.1, 0.15) is 0 Å². The molecule has 117 heavy (non-hydrogen) atoms. The highest BCUT2D eigenvalue weighted by Crippen LogP contribution is 2.25. The summed E-state index contributed by atoms with van der Waals surface area (Å²) in [6.45, 7) is 0. The van der Waals surface area contributed by atoms with E-state index in [9.17, 15) is 0 Å². The van der Waals surface area contributed by atoms with Gasteiger partial charge in [-0.25, -0.2) is 84.7 Å². The molecule has 11 aromatic carbocycles. The zero-order chi connectivity index (χ0) is 79.1. The summed E-state index contributed by atoms with van der Waals surface area (Å²) in [7, 11) is 0. The van der Waals surface area contributed by atoms with Gasteiger partial charge in [0.2, 0.25) is 0 Å². The normalized spacial score (nSPS) is 10.4. The number of para-hydroxylation sites is 11. The number of nitrogens with one attached hydrogen (secondary N) is 1. The number of benzene rings is 11. The average molecular weight is 1520 g/mol. The molecule has 24 aromatic rings. The van der Waals surface area contributed by atoms with Gasteiger partial charge >= 0.3 is 0 Å². The third-order valence-corrected chi connectivity index (χ3v) is 17.4. The van der Waals surface area contributed by atoms with Crippen molar-refractivity contribution < 1.29 is 0 Å². The van der Waals surface area contributed by atoms with E-state index in [2.05, 4.69) is 230 Å². The first-order valence-corrected chi connectivity index (χ1v) is 36.9. The van der Waals surface area contributed by atoms with E-state index in [0.29, 0.717) is 11.3 Å². The molecule has 24 rings (SSSR count). The maximum atomic E-state index is 4.58. The van der Waals surface area contributed by atoms with Gasteiger partial charge in [0.1, 0.15) is 53.7 Å². The molecule has 0 atom stereocenters. The number of aromatic amines is 1. The van der Waals surface area contributed by atoms with Crippen LogP contribution in [0.2, 0.25) is 0 Å². The topological polar surface area (TPSA) is 299 Å². The number of hydrogen-bond donors (Lipinski definition) is 1. The van der Waals surface area contributed by atoms with Crippen LogP contribution in [0.5, 0.6) is 0 Å². The van der Waals surface area contributed by atoms with Crippen molar-refractivity contribution in [3.8, 4) is 11.1 Å². The Kier molecular flexibility index (Phi) is 25.3. The van der Waals surface area contributed by atoms with Crippen molar-refractivity contribution in [2.45, 2.75) is 0 Å². The van der Waals surface area contributed by atoms with Crippen molar-refractivity contribution in [2.24, 2.45) is 0 Å². The van der Waals surface area contributed by atoms with Gasteiger partial charge in [-0.3, -0.25) is 4.98 Å². The van der Waals surface area contributed by atoms with E-state index in [0.717, 1.165) is 99.0 Å². The number of pyridine rings is 3. The zero-order valence-corrected chi connectivity index (χ0v) is 62.4. The predicted octanol–water partition coefficient (Wildman–Crippen LogP) is 19.5. The van der Waals surface area contributed by atoms with E-state index < -0.39 is 0 Å². The summed E-state index contributed by atoms with van der Waals surface area (Å²) in [6.07, 6.45) is 24.3. The molecule has 0 aliphatic rings. The highest BCUT2D eigenvalue weighted by atomic mass is 15.1. The van der Waals surface area contributed by atoms with E-state index in [1.165, 1.54) is 75.3 Å². The number of H-pyrrole nitrogens is 1. The summed E-state index contributed by atoms with van der Waals surface area (Å²) in [6, 6.07) is 103. The minimum absolute atomic E-state index is 0.637. The number of nitrogens with zero attached hydrogens (tertiary/aromatic N) is 22. The molecule has 23 heteroatoms. The maximum Gasteiger partial charge on any atom is 0.181 e. The van der Waals surface area contributed by atoms with Crippen LogP contribution in [-0.2, 0) is 0 Å². The molecular formula is C94H67N23. The van der Waals surface area contributed by atoms with Crippen molar-refractivity contribution in [3.63, 3.8) is 0 Å². The molecule has 558 valence electrons. The SMILES string of the molecule is c1ccc(-c2ccccc2)cc1.c1ccc2c(c1)[nH]c1ccccc12.c1ccc2cnncc2c1.c1ccc2nc3ccccc3cc2c1.c1ccc2nc3ccccc3nc2c1.c1ccc2nc3ncncc3nc2c1.c1ccc2nncnc2c1.c1cnc2cncnc2c1.c1cnc2ncncc2c1.c1cnc2ncncc2n1. The van der Waals surface area contributed by atoms with Crippen molar-refractivity contribution in [2.75, 3.05) is 0 Å². The molecule has 0 fully saturated rings. The van der Waals surface area contributed by atoms with Crippen LogP contribution in [0.25, 0.3) is 154 Å². The van der Waals surface area contributed by atoms with Crippen molar-refractivity contribution in [1.82, 2.24) is 115 Å². The standard InChI is InChI=1S/C13H9N.C12H8N2.C12H9N.C12H10.C10H6N4.C8H6N2.3C7H5N3.C6H4N4/c1-3-7-12-10(5-1)9-11-6-2-4-8-13(11)14-12;1-2-6-10-9(5-1)13-11-7-3-4-8-12(11)14-10;1-3-7-11-9(5-1)10-6-2-4-8-12(10)13-11;1-3-7-11(8-4-1)12-9-5-2-6-10-12;1-2-4-8-7(3-1)13-9-5-11-6-12-10(9)14-8;1-2-4-8-6-10-9-5-7(8)3-1;1-2-6-7(9-3-1)4-8-5-10-6;1-2-6-4-8-5-10-7(6)9-3-1;1-2-4-7-6(3-1)8-5-9-10-7;1-2-9-6-5(8-1)3-7-4-10-6/h1-9H;1-8H;1-8,13H;1-10H;1-6H;1-6H;3*1-5H;1-4H. The molecule has 0 spiro atoms. The third kappa shape index (κ3) is 20.6. The summed E-state index contributed by atoms with van der Waals surface area (Å²) in [5, 5.41) is 23.3. The quantitative estimate of drug-likeness (QED) is 0.149. The summed E-state index contributed by atoms with van der Waals surface area (Å²) in [5.74, 6) is 0. The van der Waals surface area contributed by atoms with Crippen molar-refractivity contribution in [3.05, 3.63) is 403 Å². The Morgan fingerprint density at radius 1 is 0.188 bits per heavy atom. The van der Waals surface area contributed by atoms with Crippen molar-refractivity contribution >= 4 is 143 Å². The first-order chi connectivity index (χ1) is 58.0. The Hall–Kier alpha value is -16.8. The molecule has 13 heterocycles. The molecule has 0 aliphatic heterocycles. The van der Waals surface area contributed by atoms with Gasteiger partial charge in [-0.2, -0.15) is 10.2 Å². The number of rotatable bonds is 1. The van der Waals surface area contributed by atoms with Crippen LogP contribution in [0.3, 0.4) is 0 Å². The molecule has 0 saturated carbocycles. The van der Waals surface area contributed by atoms with E-state index >= 15 is 0 Å². The monoisotopic (exact) mass is 1520 g/mol. The third-order valence-electron chi connectivity index (χ3n) is 17.4. The van der Waals surface area contributed by atoms with Crippen LogP contribution in [-0.4, -0.2) is 115 Å². The summed E-state index contributed by atoms with van der Waals surface area (Å²) in [5.41, 5.74) is 19.6. The van der Waals surface area contributed by atoms with Gasteiger partial charge in [0.25, 0.3) is 0 Å².